The molecule has 4 rings (SSSR count). The Kier molecular flexibility index (Phi) is 16.2. The van der Waals surface area contributed by atoms with Gasteiger partial charge in [-0.15, -0.1) is 0 Å². The van der Waals surface area contributed by atoms with Crippen LogP contribution in [0.5, 0.6) is 0 Å². The topological polar surface area (TPSA) is 232 Å². The first kappa shape index (κ1) is 42.9. The van der Waals surface area contributed by atoms with Crippen LogP contribution >= 0.6 is 0 Å². The number of nitrogens with zero attached hydrogens (tertiary/aromatic N) is 4. The summed E-state index contributed by atoms with van der Waals surface area (Å²) in [5, 5.41) is 24.4. The van der Waals surface area contributed by atoms with E-state index in [9.17, 15) is 43.0 Å². The highest BCUT2D eigenvalue weighted by atomic mass is 19.1. The van der Waals surface area contributed by atoms with Crippen molar-refractivity contribution in [2.75, 3.05) is 23.8 Å². The quantitative estimate of drug-likeness (QED) is 0.130. The third kappa shape index (κ3) is 11.7. The van der Waals surface area contributed by atoms with Crippen molar-refractivity contribution in [3.63, 3.8) is 0 Å². The number of unbranched alkanes of at least 4 members (excludes halogenated alkanes) is 4. The normalized spacial score (nSPS) is 24.9. The van der Waals surface area contributed by atoms with Gasteiger partial charge in [0.15, 0.2) is 41.8 Å². The molecule has 0 spiro atoms. The fraction of sp³-hybridized carbons (Fsp3) is 0.667. The molecule has 53 heavy (non-hydrogen) atoms. The molecule has 2 aliphatic heterocycles. The summed E-state index contributed by atoms with van der Waals surface area (Å²) in [6, 6.07) is 0. The van der Waals surface area contributed by atoms with Crippen LogP contribution in [-0.2, 0) is 28.5 Å². The molecule has 2 aromatic heterocycles. The number of carbonyl (C=O) groups excluding carboxylic acids is 3. The number of halogens is 2. The molecule has 2 fully saturated rings. The molecule has 296 valence electrons. The van der Waals surface area contributed by atoms with Gasteiger partial charge in [-0.2, -0.15) is 9.97 Å². The monoisotopic (exact) mass is 758 g/mol. The number of aliphatic hydroxyl groups excluding tert-OH is 2. The molecule has 0 bridgehead atoms. The number of nitrogens with one attached hydrogen (secondary N) is 2. The van der Waals surface area contributed by atoms with Gasteiger partial charge in [-0.25, -0.2) is 28.0 Å². The maximum Gasteiger partial charge on any atom is 0.412 e. The molecule has 4 heterocycles. The van der Waals surface area contributed by atoms with Crippen molar-refractivity contribution in [1.82, 2.24) is 19.1 Å². The second kappa shape index (κ2) is 20.1. The van der Waals surface area contributed by atoms with Gasteiger partial charge in [-0.3, -0.25) is 24.6 Å². The molecule has 4 N–H and O–H groups in total. The van der Waals surface area contributed by atoms with Crippen molar-refractivity contribution in [2.45, 2.75) is 123 Å². The zero-order valence-corrected chi connectivity index (χ0v) is 30.5. The molecule has 0 radical (unpaired) electrons. The van der Waals surface area contributed by atoms with Crippen molar-refractivity contribution < 1.29 is 57.1 Å². The van der Waals surface area contributed by atoms with Gasteiger partial charge in [-0.05, 0) is 26.7 Å². The van der Waals surface area contributed by atoms with Crippen LogP contribution in [0.1, 0.15) is 92.5 Å². The molecule has 2 unspecified atom stereocenters. The molecule has 0 saturated carbocycles. The van der Waals surface area contributed by atoms with Gasteiger partial charge >= 0.3 is 29.5 Å². The summed E-state index contributed by atoms with van der Waals surface area (Å²) >= 11 is 0. The molecule has 18 nitrogen and oxygen atoms in total. The summed E-state index contributed by atoms with van der Waals surface area (Å²) < 4.78 is 55.9. The second-order valence-corrected chi connectivity index (χ2v) is 12.6. The van der Waals surface area contributed by atoms with Crippen LogP contribution in [0.3, 0.4) is 0 Å². The first-order valence-corrected chi connectivity index (χ1v) is 17.4. The number of hydrogen-bond acceptors (Lipinski definition) is 14. The van der Waals surface area contributed by atoms with Crippen LogP contribution in [0.2, 0.25) is 0 Å². The molecular formula is C33H48F2N6O12. The lowest BCUT2D eigenvalue weighted by Crippen LogP contribution is -2.38. The van der Waals surface area contributed by atoms with Crippen LogP contribution in [0, 0.1) is 17.6 Å². The Balaban J connectivity index is 0.000000287. The lowest BCUT2D eigenvalue weighted by molar-refractivity contribution is -0.156. The van der Waals surface area contributed by atoms with Crippen LogP contribution in [0.15, 0.2) is 22.0 Å². The zero-order chi connectivity index (χ0) is 39.4. The van der Waals surface area contributed by atoms with Gasteiger partial charge in [0.1, 0.15) is 12.2 Å². The Morgan fingerprint density at radius 2 is 1.23 bits per heavy atom. The first-order valence-electron chi connectivity index (χ1n) is 17.4. The number of anilines is 2. The Morgan fingerprint density at radius 1 is 0.774 bits per heavy atom. The Hall–Kier alpha value is -4.53. The highest BCUT2D eigenvalue weighted by Crippen LogP contribution is 2.33. The van der Waals surface area contributed by atoms with Crippen LogP contribution in [-0.4, -0.2) is 91.2 Å². The minimum absolute atomic E-state index is 0.161. The molecule has 8 atom stereocenters. The van der Waals surface area contributed by atoms with E-state index in [4.69, 9.17) is 23.7 Å². The average molecular weight is 759 g/mol. The molecule has 2 aromatic rings. The number of esters is 1. The highest BCUT2D eigenvalue weighted by Gasteiger charge is 2.46. The highest BCUT2D eigenvalue weighted by molar-refractivity contribution is 5.83. The predicted molar refractivity (Wildman–Crippen MR) is 182 cm³/mol. The molecule has 2 saturated heterocycles. The average Bonchev–Trinajstić information content (AvgIpc) is 3.52. The summed E-state index contributed by atoms with van der Waals surface area (Å²) in [6.07, 6.45) is -1.82. The van der Waals surface area contributed by atoms with Gasteiger partial charge in [0.2, 0.25) is 0 Å². The van der Waals surface area contributed by atoms with Gasteiger partial charge in [0.05, 0.1) is 37.8 Å². The summed E-state index contributed by atoms with van der Waals surface area (Å²) in [4.78, 5) is 66.0. The van der Waals surface area contributed by atoms with E-state index in [2.05, 4.69) is 20.6 Å². The van der Waals surface area contributed by atoms with Crippen molar-refractivity contribution in [1.29, 1.82) is 0 Å². The smallest absolute Gasteiger partial charge is 0.412 e. The lowest BCUT2D eigenvalue weighted by Gasteiger charge is -2.21. The number of rotatable bonds is 13. The maximum atomic E-state index is 14.4. The van der Waals surface area contributed by atoms with Crippen LogP contribution < -0.4 is 22.0 Å². The Morgan fingerprint density at radius 3 is 1.64 bits per heavy atom. The van der Waals surface area contributed by atoms with E-state index < -0.39 is 89.7 Å². The van der Waals surface area contributed by atoms with Crippen molar-refractivity contribution in [2.24, 2.45) is 5.92 Å². The largest absolute Gasteiger partial charge is 0.455 e. The minimum atomic E-state index is -1.27. The van der Waals surface area contributed by atoms with Crippen molar-refractivity contribution in [3.05, 3.63) is 45.0 Å². The molecule has 2 aliphatic rings. The van der Waals surface area contributed by atoms with E-state index >= 15 is 0 Å². The number of carbonyl (C=O) groups is 3. The van der Waals surface area contributed by atoms with E-state index in [1.807, 2.05) is 13.8 Å². The molecule has 0 aliphatic carbocycles. The van der Waals surface area contributed by atoms with Gasteiger partial charge in [0.25, 0.3) is 0 Å². The third-order valence-electron chi connectivity index (χ3n) is 8.45. The summed E-state index contributed by atoms with van der Waals surface area (Å²) in [7, 11) is 0. The maximum absolute atomic E-state index is 14.4. The van der Waals surface area contributed by atoms with E-state index in [-0.39, 0.29) is 25.2 Å². The fourth-order valence-corrected chi connectivity index (χ4v) is 5.28. The number of amides is 2. The fourth-order valence-electron chi connectivity index (χ4n) is 5.28. The van der Waals surface area contributed by atoms with Crippen LogP contribution in [0.4, 0.5) is 30.0 Å². The predicted octanol–water partition coefficient (Wildman–Crippen LogP) is 3.37. The van der Waals surface area contributed by atoms with E-state index in [0.29, 0.717) is 12.8 Å². The Bertz CT molecular complexity index is 1680. The van der Waals surface area contributed by atoms with Crippen molar-refractivity contribution >= 4 is 29.8 Å². The molecular weight excluding hydrogens is 710 g/mol. The lowest BCUT2D eigenvalue weighted by atomic mass is 10.0. The summed E-state index contributed by atoms with van der Waals surface area (Å²) in [6.45, 7) is 10.6. The molecule has 20 heteroatoms. The van der Waals surface area contributed by atoms with Crippen molar-refractivity contribution in [3.8, 4) is 0 Å². The van der Waals surface area contributed by atoms with Gasteiger partial charge in [0, 0.05) is 12.8 Å². The molecule has 0 aromatic carbocycles. The standard InChI is InChI=1S/C17H24FN3O7.C16H24FN3O5/c1-4-5-6-7-26-17(25)20-14-11(18)8-21(16(24)19-14)15-13(28-10(3)22)12(23)9(2)27-15;1-4-5-6-7-24-16(23)19-13-11(17)8-20(15(22)18-13)14-12(21)9(2)10(3)25-14/h8-9,12-13,15,23H,4-7H2,1-3H3,(H,19,20,24,25);8-10,12,14,21H,4-7H2,1-3H3,(H,18,19,22,23)/t9-,12-,13-,15?;9-,10-,12-,14?/m11/s1. The summed E-state index contributed by atoms with van der Waals surface area (Å²) in [5.74, 6) is -3.97. The minimum Gasteiger partial charge on any atom is -0.455 e. The third-order valence-corrected chi connectivity index (χ3v) is 8.45. The number of hydrogen-bond donors (Lipinski definition) is 4. The van der Waals surface area contributed by atoms with E-state index in [0.717, 1.165) is 54.1 Å². The molecule has 2 amide bonds. The van der Waals surface area contributed by atoms with E-state index in [1.165, 1.54) is 6.92 Å². The summed E-state index contributed by atoms with van der Waals surface area (Å²) in [5.41, 5.74) is -1.81. The van der Waals surface area contributed by atoms with E-state index in [1.54, 1.807) is 13.8 Å². The van der Waals surface area contributed by atoms with Crippen LogP contribution in [0.25, 0.3) is 0 Å². The van der Waals surface area contributed by atoms with Gasteiger partial charge in [-0.1, -0.05) is 46.5 Å². The second-order valence-electron chi connectivity index (χ2n) is 12.6. The zero-order valence-electron chi connectivity index (χ0n) is 30.5. The number of aromatic nitrogens is 4. The SMILES string of the molecule is CCCCCOC(=O)Nc1nc(=O)n(C2O[C@H](C)[C@@H](C)[C@H]2O)cc1F.CCCCCOC(=O)Nc1nc(=O)n(C2O[C@H](C)[C@@H](O)[C@H]2OC(C)=O)cc1F. The number of ether oxygens (including phenoxy) is 5. The Labute approximate surface area is 303 Å². The van der Waals surface area contributed by atoms with Gasteiger partial charge < -0.3 is 33.9 Å². The first-order chi connectivity index (χ1) is 25.1. The number of aliphatic hydroxyl groups is 2.